The Labute approximate surface area is 122 Å². The van der Waals surface area contributed by atoms with E-state index >= 15 is 0 Å². The van der Waals surface area contributed by atoms with Crippen molar-refractivity contribution in [1.82, 2.24) is 4.90 Å². The van der Waals surface area contributed by atoms with E-state index in [1.165, 1.54) is 6.07 Å². The Bertz CT molecular complexity index is 564. The number of phenolic OH excluding ortho intramolecular Hbond substituents is 1. The molecule has 0 radical (unpaired) electrons. The number of hydrogen-bond donors (Lipinski definition) is 2. The van der Waals surface area contributed by atoms with Gasteiger partial charge in [-0.15, -0.1) is 0 Å². The zero-order valence-electron chi connectivity index (χ0n) is 11.8. The van der Waals surface area contributed by atoms with Gasteiger partial charge < -0.3 is 15.1 Å². The third kappa shape index (κ3) is 3.13. The maximum atomic E-state index is 12.3. The first kappa shape index (κ1) is 15.2. The number of carbonyl (C=O) groups is 1. The molecular formula is C14H18N2O5. The molecule has 114 valence electrons. The number of phenols is 1. The van der Waals surface area contributed by atoms with Crippen molar-refractivity contribution in [2.24, 2.45) is 0 Å². The fourth-order valence-electron chi connectivity index (χ4n) is 2.47. The summed E-state index contributed by atoms with van der Waals surface area (Å²) in [5.41, 5.74) is -0.931. The van der Waals surface area contributed by atoms with Crippen LogP contribution in [0.5, 0.6) is 5.75 Å². The lowest BCUT2D eigenvalue weighted by Gasteiger charge is -2.37. The third-order valence-corrected chi connectivity index (χ3v) is 4.06. The van der Waals surface area contributed by atoms with E-state index in [2.05, 4.69) is 0 Å². The predicted molar refractivity (Wildman–Crippen MR) is 75.1 cm³/mol. The number of aromatic hydroxyl groups is 1. The van der Waals surface area contributed by atoms with Gasteiger partial charge in [0.05, 0.1) is 10.5 Å². The molecule has 1 aromatic carbocycles. The molecule has 1 aromatic rings. The average molecular weight is 294 g/mol. The van der Waals surface area contributed by atoms with Crippen molar-refractivity contribution in [1.29, 1.82) is 0 Å². The van der Waals surface area contributed by atoms with Crippen molar-refractivity contribution >= 4 is 11.6 Å². The van der Waals surface area contributed by atoms with Crippen LogP contribution in [0.1, 0.15) is 36.5 Å². The second-order valence-electron chi connectivity index (χ2n) is 5.33. The molecule has 1 amide bonds. The van der Waals surface area contributed by atoms with E-state index in [0.717, 1.165) is 12.1 Å². The first-order valence-electron chi connectivity index (χ1n) is 6.85. The molecule has 1 heterocycles. The van der Waals surface area contributed by atoms with Crippen LogP contribution in [0.3, 0.4) is 0 Å². The summed E-state index contributed by atoms with van der Waals surface area (Å²) in [6.07, 6.45) is 1.66. The molecule has 0 saturated carbocycles. The Balaban J connectivity index is 2.11. The zero-order chi connectivity index (χ0) is 15.6. The average Bonchev–Trinajstić information content (AvgIpc) is 2.47. The van der Waals surface area contributed by atoms with Crippen LogP contribution < -0.4 is 0 Å². The van der Waals surface area contributed by atoms with Gasteiger partial charge in [0.25, 0.3) is 5.91 Å². The molecule has 1 fully saturated rings. The molecule has 2 N–H and O–H groups in total. The van der Waals surface area contributed by atoms with Gasteiger partial charge in [0.2, 0.25) is 0 Å². The number of nitro groups is 1. The summed E-state index contributed by atoms with van der Waals surface area (Å²) in [6, 6.07) is 3.57. The highest BCUT2D eigenvalue weighted by Gasteiger charge is 2.32. The molecule has 1 aliphatic rings. The van der Waals surface area contributed by atoms with Crippen molar-refractivity contribution in [2.45, 2.75) is 31.8 Å². The second kappa shape index (κ2) is 5.69. The molecule has 7 heteroatoms. The summed E-state index contributed by atoms with van der Waals surface area (Å²) in [7, 11) is 0. The Hall–Kier alpha value is -2.15. The maximum Gasteiger partial charge on any atom is 0.310 e. The molecule has 0 bridgehead atoms. The van der Waals surface area contributed by atoms with Crippen LogP contribution in [0.25, 0.3) is 0 Å². The maximum absolute atomic E-state index is 12.3. The van der Waals surface area contributed by atoms with Gasteiger partial charge in [-0.2, -0.15) is 0 Å². The Morgan fingerprint density at radius 2 is 2.05 bits per heavy atom. The van der Waals surface area contributed by atoms with Gasteiger partial charge in [0.15, 0.2) is 5.75 Å². The van der Waals surface area contributed by atoms with Gasteiger partial charge in [-0.25, -0.2) is 0 Å². The van der Waals surface area contributed by atoms with Crippen molar-refractivity contribution in [3.63, 3.8) is 0 Å². The Morgan fingerprint density at radius 1 is 1.43 bits per heavy atom. The molecule has 0 spiro atoms. The normalized spacial score (nSPS) is 17.5. The van der Waals surface area contributed by atoms with E-state index in [1.54, 1.807) is 4.90 Å². The predicted octanol–water partition coefficient (Wildman–Crippen LogP) is 1.68. The van der Waals surface area contributed by atoms with Crippen LogP contribution in [-0.4, -0.2) is 44.6 Å². The highest BCUT2D eigenvalue weighted by atomic mass is 16.6. The van der Waals surface area contributed by atoms with Gasteiger partial charge in [-0.05, 0) is 31.4 Å². The van der Waals surface area contributed by atoms with E-state index < -0.39 is 22.0 Å². The standard InChI is InChI=1S/C14H18N2O5/c1-2-14(19)5-7-15(8-6-14)13(18)10-3-4-11(16(20)21)12(17)9-10/h3-4,9,17,19H,2,5-8H2,1H3. The largest absolute Gasteiger partial charge is 0.502 e. The fraction of sp³-hybridized carbons (Fsp3) is 0.500. The quantitative estimate of drug-likeness (QED) is 0.652. The summed E-state index contributed by atoms with van der Waals surface area (Å²) in [5.74, 6) is -0.814. The number of nitro benzene ring substituents is 1. The summed E-state index contributed by atoms with van der Waals surface area (Å²) in [5, 5.41) is 30.3. The van der Waals surface area contributed by atoms with Crippen LogP contribution in [0.4, 0.5) is 5.69 Å². The summed E-state index contributed by atoms with van der Waals surface area (Å²) in [4.78, 5) is 23.8. The van der Waals surface area contributed by atoms with Crippen LogP contribution in [0.15, 0.2) is 18.2 Å². The minimum atomic E-state index is -0.714. The van der Waals surface area contributed by atoms with Crippen molar-refractivity contribution in [3.8, 4) is 5.75 Å². The lowest BCUT2D eigenvalue weighted by atomic mass is 9.89. The van der Waals surface area contributed by atoms with Gasteiger partial charge in [0.1, 0.15) is 0 Å². The topological polar surface area (TPSA) is 104 Å². The van der Waals surface area contributed by atoms with Crippen molar-refractivity contribution in [3.05, 3.63) is 33.9 Å². The Kier molecular flexibility index (Phi) is 4.13. The molecule has 0 unspecified atom stereocenters. The van der Waals surface area contributed by atoms with Gasteiger partial charge in [-0.1, -0.05) is 6.92 Å². The summed E-state index contributed by atoms with van der Waals surface area (Å²) < 4.78 is 0. The lowest BCUT2D eigenvalue weighted by Crippen LogP contribution is -2.46. The van der Waals surface area contributed by atoms with E-state index in [9.17, 15) is 25.1 Å². The first-order valence-corrected chi connectivity index (χ1v) is 6.85. The lowest BCUT2D eigenvalue weighted by molar-refractivity contribution is -0.385. The number of likely N-dealkylation sites (tertiary alicyclic amines) is 1. The fourth-order valence-corrected chi connectivity index (χ4v) is 2.47. The molecule has 7 nitrogen and oxygen atoms in total. The van der Waals surface area contributed by atoms with E-state index in [4.69, 9.17) is 0 Å². The molecule has 1 saturated heterocycles. The number of aliphatic hydroxyl groups is 1. The molecule has 0 aromatic heterocycles. The molecule has 0 atom stereocenters. The molecule has 21 heavy (non-hydrogen) atoms. The number of hydrogen-bond acceptors (Lipinski definition) is 5. The molecule has 1 aliphatic heterocycles. The zero-order valence-corrected chi connectivity index (χ0v) is 11.8. The molecule has 2 rings (SSSR count). The number of piperidine rings is 1. The third-order valence-electron chi connectivity index (χ3n) is 4.06. The van der Waals surface area contributed by atoms with Gasteiger partial charge >= 0.3 is 5.69 Å². The number of carbonyl (C=O) groups excluding carboxylic acids is 1. The Morgan fingerprint density at radius 3 is 2.52 bits per heavy atom. The smallest absolute Gasteiger partial charge is 0.310 e. The minimum absolute atomic E-state index is 0.208. The van der Waals surface area contributed by atoms with Crippen molar-refractivity contribution in [2.75, 3.05) is 13.1 Å². The van der Waals surface area contributed by atoms with Crippen LogP contribution >= 0.6 is 0 Å². The van der Waals surface area contributed by atoms with Crippen molar-refractivity contribution < 1.29 is 19.9 Å². The number of benzene rings is 1. The van der Waals surface area contributed by atoms with E-state index in [1.807, 2.05) is 6.92 Å². The highest BCUT2D eigenvalue weighted by molar-refractivity contribution is 5.95. The molecule has 0 aliphatic carbocycles. The summed E-state index contributed by atoms with van der Waals surface area (Å²) in [6.45, 7) is 2.77. The first-order chi connectivity index (χ1) is 9.86. The number of rotatable bonds is 3. The van der Waals surface area contributed by atoms with Crippen LogP contribution in [0.2, 0.25) is 0 Å². The van der Waals surface area contributed by atoms with Crippen LogP contribution in [0, 0.1) is 10.1 Å². The summed E-state index contributed by atoms with van der Waals surface area (Å²) >= 11 is 0. The highest BCUT2D eigenvalue weighted by Crippen LogP contribution is 2.29. The van der Waals surface area contributed by atoms with Gasteiger partial charge in [-0.3, -0.25) is 14.9 Å². The molecular weight excluding hydrogens is 276 g/mol. The second-order valence-corrected chi connectivity index (χ2v) is 5.33. The number of nitrogens with zero attached hydrogens (tertiary/aromatic N) is 2. The van der Waals surface area contributed by atoms with E-state index in [0.29, 0.717) is 32.4 Å². The minimum Gasteiger partial charge on any atom is -0.502 e. The van der Waals surface area contributed by atoms with E-state index in [-0.39, 0.29) is 11.5 Å². The SMILES string of the molecule is CCC1(O)CCN(C(=O)c2ccc([N+](=O)[O-])c(O)c2)CC1. The van der Waals surface area contributed by atoms with Crippen LogP contribution in [-0.2, 0) is 0 Å². The monoisotopic (exact) mass is 294 g/mol. The number of amides is 1. The van der Waals surface area contributed by atoms with Gasteiger partial charge in [0, 0.05) is 24.7 Å².